The maximum absolute atomic E-state index is 12.4. The monoisotopic (exact) mass is 470 g/mol. The van der Waals surface area contributed by atoms with Gasteiger partial charge in [-0.2, -0.15) is 0 Å². The molecule has 29 heavy (non-hydrogen) atoms. The molecule has 0 saturated heterocycles. The standard InChI is InChI=1S/C23H20BrClN2O2/c1-29-21(28)14-27-22(15-7-3-2-4-8-15)18-13-16(24)11-12-20(18)26-23(27)17-9-5-6-10-19(17)25/h2-13,22-23,26H,14H2,1H3. The Morgan fingerprint density at radius 2 is 1.79 bits per heavy atom. The van der Waals surface area contributed by atoms with Gasteiger partial charge >= 0.3 is 5.97 Å². The van der Waals surface area contributed by atoms with Crippen molar-refractivity contribution in [3.05, 3.63) is 99.0 Å². The van der Waals surface area contributed by atoms with Crippen LogP contribution in [0.2, 0.25) is 5.02 Å². The third-order valence-corrected chi connectivity index (χ3v) is 5.96. The van der Waals surface area contributed by atoms with E-state index in [-0.39, 0.29) is 24.7 Å². The predicted octanol–water partition coefficient (Wildman–Crippen LogP) is 5.79. The molecule has 4 nitrogen and oxygen atoms in total. The fourth-order valence-electron chi connectivity index (χ4n) is 3.80. The van der Waals surface area contributed by atoms with Crippen LogP contribution in [0.3, 0.4) is 0 Å². The van der Waals surface area contributed by atoms with Gasteiger partial charge in [0.05, 0.1) is 19.7 Å². The maximum atomic E-state index is 12.4. The molecule has 0 saturated carbocycles. The first kappa shape index (κ1) is 20.0. The molecule has 3 aromatic carbocycles. The van der Waals surface area contributed by atoms with Crippen molar-refractivity contribution in [1.82, 2.24) is 4.90 Å². The molecule has 1 aliphatic heterocycles. The number of esters is 1. The van der Waals surface area contributed by atoms with Crippen LogP contribution in [0, 0.1) is 0 Å². The summed E-state index contributed by atoms with van der Waals surface area (Å²) in [7, 11) is 1.41. The van der Waals surface area contributed by atoms with Gasteiger partial charge in [0.2, 0.25) is 0 Å². The van der Waals surface area contributed by atoms with Crippen molar-refractivity contribution >= 4 is 39.2 Å². The number of benzene rings is 3. The number of rotatable bonds is 4. The summed E-state index contributed by atoms with van der Waals surface area (Å²) in [5.74, 6) is -0.303. The fraction of sp³-hybridized carbons (Fsp3) is 0.174. The molecule has 0 spiro atoms. The molecule has 148 valence electrons. The normalized spacial score (nSPS) is 18.6. The number of hydrogen-bond donors (Lipinski definition) is 1. The van der Waals surface area contributed by atoms with E-state index in [0.29, 0.717) is 5.02 Å². The van der Waals surface area contributed by atoms with Gasteiger partial charge in [-0.3, -0.25) is 9.69 Å². The summed E-state index contributed by atoms with van der Waals surface area (Å²) in [5.41, 5.74) is 4.09. The fourth-order valence-corrected chi connectivity index (χ4v) is 4.42. The minimum absolute atomic E-state index is 0.116. The second kappa shape index (κ2) is 8.57. The summed E-state index contributed by atoms with van der Waals surface area (Å²) >= 11 is 10.1. The Morgan fingerprint density at radius 1 is 1.07 bits per heavy atom. The van der Waals surface area contributed by atoms with Crippen LogP contribution < -0.4 is 5.32 Å². The van der Waals surface area contributed by atoms with E-state index in [0.717, 1.165) is 26.9 Å². The van der Waals surface area contributed by atoms with E-state index in [9.17, 15) is 4.79 Å². The molecule has 6 heteroatoms. The van der Waals surface area contributed by atoms with Crippen LogP contribution in [-0.2, 0) is 9.53 Å². The summed E-state index contributed by atoms with van der Waals surface area (Å²) in [6, 6.07) is 23.9. The van der Waals surface area contributed by atoms with Crippen molar-refractivity contribution in [3.63, 3.8) is 0 Å². The molecule has 0 fully saturated rings. The summed E-state index contributed by atoms with van der Waals surface area (Å²) in [6.07, 6.45) is -0.290. The van der Waals surface area contributed by atoms with Crippen LogP contribution in [0.15, 0.2) is 77.3 Å². The van der Waals surface area contributed by atoms with Gasteiger partial charge in [0.1, 0.15) is 6.17 Å². The number of fused-ring (bicyclic) bond motifs is 1. The lowest BCUT2D eigenvalue weighted by Gasteiger charge is -2.44. The molecule has 0 aromatic heterocycles. The van der Waals surface area contributed by atoms with Crippen molar-refractivity contribution in [1.29, 1.82) is 0 Å². The highest BCUT2D eigenvalue weighted by atomic mass is 79.9. The van der Waals surface area contributed by atoms with E-state index >= 15 is 0 Å². The molecule has 1 N–H and O–H groups in total. The van der Waals surface area contributed by atoms with E-state index in [1.165, 1.54) is 7.11 Å². The number of anilines is 1. The maximum Gasteiger partial charge on any atom is 0.319 e. The third-order valence-electron chi connectivity index (χ3n) is 5.12. The van der Waals surface area contributed by atoms with Crippen molar-refractivity contribution in [3.8, 4) is 0 Å². The molecular formula is C23H20BrClN2O2. The zero-order chi connectivity index (χ0) is 20.4. The molecule has 0 bridgehead atoms. The van der Waals surface area contributed by atoms with Gasteiger partial charge in [-0.1, -0.05) is 76.1 Å². The van der Waals surface area contributed by atoms with Gasteiger partial charge in [-0.15, -0.1) is 0 Å². The molecule has 2 unspecified atom stereocenters. The molecule has 4 rings (SSSR count). The lowest BCUT2D eigenvalue weighted by molar-refractivity contribution is -0.143. The Hall–Kier alpha value is -2.34. The molecule has 0 amide bonds. The summed E-state index contributed by atoms with van der Waals surface area (Å²) < 4.78 is 5.99. The third kappa shape index (κ3) is 4.04. The highest BCUT2D eigenvalue weighted by Gasteiger charge is 2.38. The molecular weight excluding hydrogens is 452 g/mol. The molecule has 2 atom stereocenters. The summed E-state index contributed by atoms with van der Waals surface area (Å²) in [4.78, 5) is 14.5. The first-order valence-electron chi connectivity index (χ1n) is 9.26. The topological polar surface area (TPSA) is 41.6 Å². The van der Waals surface area contributed by atoms with Gasteiger partial charge in [0.25, 0.3) is 0 Å². The van der Waals surface area contributed by atoms with Crippen LogP contribution >= 0.6 is 27.5 Å². The van der Waals surface area contributed by atoms with E-state index in [1.807, 2.05) is 48.5 Å². The second-order valence-electron chi connectivity index (χ2n) is 6.86. The van der Waals surface area contributed by atoms with Gasteiger partial charge in [-0.25, -0.2) is 0 Å². The van der Waals surface area contributed by atoms with E-state index < -0.39 is 0 Å². The number of methoxy groups -OCH3 is 1. The summed E-state index contributed by atoms with van der Waals surface area (Å²) in [6.45, 7) is 0.116. The molecule has 3 aromatic rings. The van der Waals surface area contributed by atoms with Gasteiger partial charge in [0, 0.05) is 20.7 Å². The number of hydrogen-bond acceptors (Lipinski definition) is 4. The Balaban J connectivity index is 1.91. The zero-order valence-electron chi connectivity index (χ0n) is 15.8. The first-order chi connectivity index (χ1) is 14.1. The highest BCUT2D eigenvalue weighted by Crippen LogP contribution is 2.45. The number of carbonyl (C=O) groups is 1. The highest BCUT2D eigenvalue weighted by molar-refractivity contribution is 9.10. The van der Waals surface area contributed by atoms with Crippen LogP contribution in [0.4, 0.5) is 5.69 Å². The van der Waals surface area contributed by atoms with E-state index in [2.05, 4.69) is 50.4 Å². The lowest BCUT2D eigenvalue weighted by atomic mass is 9.91. The number of halogens is 2. The molecule has 1 heterocycles. The minimum Gasteiger partial charge on any atom is -0.468 e. The first-order valence-corrected chi connectivity index (χ1v) is 10.4. The average Bonchev–Trinajstić information content (AvgIpc) is 2.74. The van der Waals surface area contributed by atoms with Crippen LogP contribution in [0.1, 0.15) is 28.9 Å². The van der Waals surface area contributed by atoms with Gasteiger partial charge in [-0.05, 0) is 35.4 Å². The van der Waals surface area contributed by atoms with Gasteiger partial charge in [0.15, 0.2) is 0 Å². The average molecular weight is 472 g/mol. The molecule has 0 aliphatic carbocycles. The minimum atomic E-state index is -0.303. The van der Waals surface area contributed by atoms with E-state index in [1.54, 1.807) is 0 Å². The second-order valence-corrected chi connectivity index (χ2v) is 8.18. The van der Waals surface area contributed by atoms with E-state index in [4.69, 9.17) is 16.3 Å². The Morgan fingerprint density at radius 3 is 2.52 bits per heavy atom. The number of nitrogens with one attached hydrogen (secondary N) is 1. The van der Waals surface area contributed by atoms with Crippen molar-refractivity contribution < 1.29 is 9.53 Å². The van der Waals surface area contributed by atoms with Crippen LogP contribution in [0.25, 0.3) is 0 Å². The van der Waals surface area contributed by atoms with Crippen LogP contribution in [-0.4, -0.2) is 24.5 Å². The van der Waals surface area contributed by atoms with Crippen molar-refractivity contribution in [2.24, 2.45) is 0 Å². The SMILES string of the molecule is COC(=O)CN1C(c2ccccc2Cl)Nc2ccc(Br)cc2C1c1ccccc1. The summed E-state index contributed by atoms with van der Waals surface area (Å²) in [5, 5.41) is 4.22. The van der Waals surface area contributed by atoms with Crippen molar-refractivity contribution in [2.45, 2.75) is 12.2 Å². The number of carbonyl (C=O) groups excluding carboxylic acids is 1. The Kier molecular flexibility index (Phi) is 5.90. The van der Waals surface area contributed by atoms with Gasteiger partial charge < -0.3 is 10.1 Å². The Labute approximate surface area is 183 Å². The zero-order valence-corrected chi connectivity index (χ0v) is 18.2. The molecule has 1 aliphatic rings. The smallest absolute Gasteiger partial charge is 0.319 e. The number of nitrogens with zero attached hydrogens (tertiary/aromatic N) is 1. The molecule has 0 radical (unpaired) electrons. The Bertz CT molecular complexity index is 1030. The largest absolute Gasteiger partial charge is 0.468 e. The van der Waals surface area contributed by atoms with Crippen LogP contribution in [0.5, 0.6) is 0 Å². The number of ether oxygens (including phenoxy) is 1. The lowest BCUT2D eigenvalue weighted by Crippen LogP contribution is -2.44. The quantitative estimate of drug-likeness (QED) is 0.489. The predicted molar refractivity (Wildman–Crippen MR) is 119 cm³/mol. The van der Waals surface area contributed by atoms with Crippen molar-refractivity contribution in [2.75, 3.05) is 19.0 Å².